The van der Waals surface area contributed by atoms with E-state index in [2.05, 4.69) is 14.4 Å². The van der Waals surface area contributed by atoms with E-state index in [4.69, 9.17) is 11.3 Å². The van der Waals surface area contributed by atoms with Crippen LogP contribution in [-0.2, 0) is 17.8 Å². The number of fused-ring (bicyclic) bond motifs is 1. The molecule has 2 aliphatic rings. The number of carbonyl (C=O) groups is 1. The molecule has 0 N–H and O–H groups in total. The number of nitrogens with zero attached hydrogens (tertiary/aromatic N) is 4. The van der Waals surface area contributed by atoms with Gasteiger partial charge >= 0.3 is 6.09 Å². The van der Waals surface area contributed by atoms with Gasteiger partial charge in [-0.1, -0.05) is 24.3 Å². The number of carbonyl (C=O) groups excluding carboxylic acids is 1. The van der Waals surface area contributed by atoms with Gasteiger partial charge in [-0.2, -0.15) is 0 Å². The lowest BCUT2D eigenvalue weighted by atomic mass is 9.78. The van der Waals surface area contributed by atoms with E-state index >= 15 is 0 Å². The van der Waals surface area contributed by atoms with Crippen molar-refractivity contribution in [2.24, 2.45) is 5.92 Å². The summed E-state index contributed by atoms with van der Waals surface area (Å²) in [5.41, 5.74) is 2.43. The smallest absolute Gasteiger partial charge is 0.410 e. The highest BCUT2D eigenvalue weighted by molar-refractivity contribution is 5.79. The highest BCUT2D eigenvalue weighted by Gasteiger charge is 2.48. The van der Waals surface area contributed by atoms with Crippen LogP contribution in [0, 0.1) is 18.3 Å². The van der Waals surface area contributed by atoms with Crippen LogP contribution in [0.3, 0.4) is 0 Å². The number of aromatic nitrogens is 2. The van der Waals surface area contributed by atoms with E-state index in [1.807, 2.05) is 18.5 Å². The van der Waals surface area contributed by atoms with E-state index in [-0.39, 0.29) is 18.5 Å². The molecule has 0 bridgehead atoms. The Kier molecular flexibility index (Phi) is 4.85. The molecule has 2 atom stereocenters. The summed E-state index contributed by atoms with van der Waals surface area (Å²) in [4.78, 5) is 22.2. The molecule has 7 heteroatoms. The lowest BCUT2D eigenvalue weighted by Gasteiger charge is -2.36. The monoisotopic (exact) mass is 418 g/mol. The molecular weight excluding hydrogens is 395 g/mol. The Morgan fingerprint density at radius 2 is 2.16 bits per heavy atom. The summed E-state index contributed by atoms with van der Waals surface area (Å²) in [6, 6.07) is 12.1. The molecule has 1 saturated carbocycles. The second-order valence-electron chi connectivity index (χ2n) is 8.64. The Bertz CT molecular complexity index is 1180. The number of imidazole rings is 1. The number of ether oxygens (including phenoxy) is 1. The Hall–Kier alpha value is -3.40. The zero-order chi connectivity index (χ0) is 21.4. The summed E-state index contributed by atoms with van der Waals surface area (Å²) in [5.74, 6) is 0.0347. The summed E-state index contributed by atoms with van der Waals surface area (Å²) in [5, 5.41) is 0. The van der Waals surface area contributed by atoms with Crippen LogP contribution in [0.5, 0.6) is 0 Å². The summed E-state index contributed by atoms with van der Waals surface area (Å²) < 4.78 is 22.0. The van der Waals surface area contributed by atoms with Crippen LogP contribution in [0.4, 0.5) is 14.9 Å². The van der Waals surface area contributed by atoms with Gasteiger partial charge in [0.15, 0.2) is 5.69 Å². The lowest BCUT2D eigenvalue weighted by Crippen LogP contribution is -2.40. The van der Waals surface area contributed by atoms with Crippen molar-refractivity contribution < 1.29 is 13.9 Å². The van der Waals surface area contributed by atoms with E-state index in [0.717, 1.165) is 43.3 Å². The second kappa shape index (κ2) is 7.69. The van der Waals surface area contributed by atoms with Gasteiger partial charge in [0.05, 0.1) is 37.0 Å². The van der Waals surface area contributed by atoms with Crippen molar-refractivity contribution in [3.8, 4) is 0 Å². The van der Waals surface area contributed by atoms with Gasteiger partial charge in [-0.3, -0.25) is 4.90 Å². The standard InChI is InChI=1S/C24H23FN4O2/c1-26-19-8-9-21-22(11-19)29(16-27-21)13-17-5-4-10-24(12-17)15-28(23(30)31-24)14-18-6-2-3-7-20(18)25/h2-3,6-9,11,16-17H,4-5,10,12-15H2/t17-,24-/m0/s1. The third-order valence-electron chi connectivity index (χ3n) is 6.45. The van der Waals surface area contributed by atoms with Gasteiger partial charge in [-0.25, -0.2) is 19.0 Å². The number of rotatable bonds is 4. The molecule has 2 heterocycles. The van der Waals surface area contributed by atoms with Crippen LogP contribution >= 0.6 is 0 Å². The van der Waals surface area contributed by atoms with Gasteiger partial charge in [-0.05, 0) is 49.8 Å². The van der Waals surface area contributed by atoms with Crippen LogP contribution in [0.25, 0.3) is 15.9 Å². The van der Waals surface area contributed by atoms with Crippen LogP contribution in [-0.4, -0.2) is 32.7 Å². The minimum Gasteiger partial charge on any atom is -0.441 e. The van der Waals surface area contributed by atoms with Crippen molar-refractivity contribution in [2.45, 2.75) is 44.4 Å². The highest BCUT2D eigenvalue weighted by Crippen LogP contribution is 2.41. The molecule has 2 fully saturated rings. The first-order chi connectivity index (χ1) is 15.0. The topological polar surface area (TPSA) is 51.7 Å². The molecule has 31 heavy (non-hydrogen) atoms. The SMILES string of the molecule is [C-]#[N+]c1ccc2ncn(C[C@H]3CCC[C@]4(C3)CN(Cc3ccccc3F)C(=O)O4)c2c1. The summed E-state index contributed by atoms with van der Waals surface area (Å²) in [6.07, 6.45) is 5.09. The van der Waals surface area contributed by atoms with E-state index in [9.17, 15) is 9.18 Å². The van der Waals surface area contributed by atoms with Crippen molar-refractivity contribution >= 4 is 22.8 Å². The Labute approximate surface area is 180 Å². The first-order valence-corrected chi connectivity index (χ1v) is 10.6. The molecule has 3 aromatic rings. The van der Waals surface area contributed by atoms with Gasteiger partial charge in [0.25, 0.3) is 0 Å². The maximum Gasteiger partial charge on any atom is 0.410 e. The molecule has 1 aliphatic carbocycles. The molecule has 5 rings (SSSR count). The maximum absolute atomic E-state index is 14.1. The predicted octanol–water partition coefficient (Wildman–Crippen LogP) is 5.31. The van der Waals surface area contributed by atoms with Gasteiger partial charge in [0, 0.05) is 12.1 Å². The van der Waals surface area contributed by atoms with Gasteiger partial charge < -0.3 is 9.30 Å². The minimum atomic E-state index is -0.511. The van der Waals surface area contributed by atoms with E-state index in [0.29, 0.717) is 23.7 Å². The number of hydrogen-bond acceptors (Lipinski definition) is 3. The normalized spacial score (nSPS) is 23.3. The third-order valence-corrected chi connectivity index (χ3v) is 6.45. The first-order valence-electron chi connectivity index (χ1n) is 10.6. The van der Waals surface area contributed by atoms with Crippen molar-refractivity contribution in [2.75, 3.05) is 6.54 Å². The quantitative estimate of drug-likeness (QED) is 0.540. The van der Waals surface area contributed by atoms with Gasteiger partial charge in [0.2, 0.25) is 0 Å². The van der Waals surface area contributed by atoms with Crippen LogP contribution in [0.1, 0.15) is 31.2 Å². The van der Waals surface area contributed by atoms with E-state index < -0.39 is 5.60 Å². The molecular formula is C24H23FN4O2. The molecule has 1 amide bonds. The molecule has 1 spiro atoms. The fourth-order valence-corrected chi connectivity index (χ4v) is 5.02. The summed E-state index contributed by atoms with van der Waals surface area (Å²) >= 11 is 0. The van der Waals surface area contributed by atoms with Gasteiger partial charge in [0.1, 0.15) is 11.4 Å². The van der Waals surface area contributed by atoms with Crippen LogP contribution < -0.4 is 0 Å². The van der Waals surface area contributed by atoms with E-state index in [1.54, 1.807) is 29.2 Å². The molecule has 158 valence electrons. The van der Waals surface area contributed by atoms with Gasteiger partial charge in [-0.15, -0.1) is 0 Å². The fraction of sp³-hybridized carbons (Fsp3) is 0.375. The minimum absolute atomic E-state index is 0.226. The fourth-order valence-electron chi connectivity index (χ4n) is 5.02. The van der Waals surface area contributed by atoms with Crippen molar-refractivity contribution in [3.63, 3.8) is 0 Å². The lowest BCUT2D eigenvalue weighted by molar-refractivity contribution is 0.00415. The third kappa shape index (κ3) is 3.74. The molecule has 2 aromatic carbocycles. The second-order valence-corrected chi connectivity index (χ2v) is 8.64. The van der Waals surface area contributed by atoms with Crippen molar-refractivity contribution in [1.82, 2.24) is 14.5 Å². The highest BCUT2D eigenvalue weighted by atomic mass is 19.1. The number of halogens is 1. The average Bonchev–Trinajstić information content (AvgIpc) is 3.29. The zero-order valence-corrected chi connectivity index (χ0v) is 17.1. The summed E-state index contributed by atoms with van der Waals surface area (Å²) in [7, 11) is 0. The Morgan fingerprint density at radius 3 is 3.00 bits per heavy atom. The molecule has 1 aliphatic heterocycles. The molecule has 0 radical (unpaired) electrons. The number of hydrogen-bond donors (Lipinski definition) is 0. The van der Waals surface area contributed by atoms with Crippen molar-refractivity contribution in [1.29, 1.82) is 0 Å². The predicted molar refractivity (Wildman–Crippen MR) is 114 cm³/mol. The molecule has 6 nitrogen and oxygen atoms in total. The van der Waals surface area contributed by atoms with Crippen LogP contribution in [0.2, 0.25) is 0 Å². The first kappa shape index (κ1) is 19.6. The Balaban J connectivity index is 1.31. The van der Waals surface area contributed by atoms with E-state index in [1.165, 1.54) is 6.07 Å². The largest absolute Gasteiger partial charge is 0.441 e. The van der Waals surface area contributed by atoms with Crippen molar-refractivity contribution in [3.05, 3.63) is 71.6 Å². The zero-order valence-electron chi connectivity index (χ0n) is 17.1. The summed E-state index contributed by atoms with van der Waals surface area (Å²) in [6.45, 7) is 8.74. The molecule has 0 unspecified atom stereocenters. The number of amides is 1. The average molecular weight is 418 g/mol. The Morgan fingerprint density at radius 1 is 1.29 bits per heavy atom. The maximum atomic E-state index is 14.1. The molecule has 1 saturated heterocycles. The molecule has 1 aromatic heterocycles. The number of benzene rings is 2. The van der Waals surface area contributed by atoms with Crippen LogP contribution in [0.15, 0.2) is 48.8 Å².